The highest BCUT2D eigenvalue weighted by atomic mass is 32.2. The number of nitrogens with zero attached hydrogens (tertiary/aromatic N) is 1. The van der Waals surface area contributed by atoms with Crippen molar-refractivity contribution in [2.24, 2.45) is 0 Å². The number of hydrogen-bond acceptors (Lipinski definition) is 6. The lowest BCUT2D eigenvalue weighted by Crippen LogP contribution is -2.21. The molecule has 7 nitrogen and oxygen atoms in total. The van der Waals surface area contributed by atoms with Crippen LogP contribution >= 0.6 is 0 Å². The highest BCUT2D eigenvalue weighted by molar-refractivity contribution is 7.84. The van der Waals surface area contributed by atoms with Crippen molar-refractivity contribution in [2.45, 2.75) is 11.8 Å². The van der Waals surface area contributed by atoms with Crippen LogP contribution < -0.4 is 5.32 Å². The molecule has 2 aromatic rings. The molecule has 0 aliphatic rings. The van der Waals surface area contributed by atoms with Gasteiger partial charge < -0.3 is 14.6 Å². The molecule has 1 aromatic carbocycles. The van der Waals surface area contributed by atoms with Crippen LogP contribution in [0.15, 0.2) is 39.8 Å². The van der Waals surface area contributed by atoms with E-state index in [0.29, 0.717) is 10.7 Å². The van der Waals surface area contributed by atoms with E-state index < -0.39 is 29.3 Å². The Hall–Kier alpha value is -2.48. The van der Waals surface area contributed by atoms with E-state index in [2.05, 4.69) is 10.5 Å². The summed E-state index contributed by atoms with van der Waals surface area (Å²) in [5.74, 6) is -0.464. The van der Waals surface area contributed by atoms with Crippen molar-refractivity contribution in [1.29, 1.82) is 0 Å². The smallest absolute Gasteiger partial charge is 0.339 e. The standard InChI is InChI=1S/C14H14N2O5S/c1-9-7-12(16-21-9)15-13(17)8-20-14(18)10-5-3-4-6-11(10)22(2)19/h3-7H,8H2,1-2H3,(H,15,16,17)/t22-/m1/s1. The van der Waals surface area contributed by atoms with Gasteiger partial charge in [0, 0.05) is 12.3 Å². The number of ether oxygens (including phenoxy) is 1. The number of aromatic nitrogens is 1. The first-order chi connectivity index (χ1) is 10.5. The Morgan fingerprint density at radius 2 is 2.09 bits per heavy atom. The van der Waals surface area contributed by atoms with E-state index in [4.69, 9.17) is 9.26 Å². The van der Waals surface area contributed by atoms with Crippen LogP contribution in [0, 0.1) is 6.92 Å². The van der Waals surface area contributed by atoms with E-state index in [1.807, 2.05) is 0 Å². The molecule has 22 heavy (non-hydrogen) atoms. The summed E-state index contributed by atoms with van der Waals surface area (Å²) >= 11 is 0. The average Bonchev–Trinajstić information content (AvgIpc) is 2.89. The molecule has 0 saturated heterocycles. The quantitative estimate of drug-likeness (QED) is 0.838. The highest BCUT2D eigenvalue weighted by Gasteiger charge is 2.16. The van der Waals surface area contributed by atoms with Crippen LogP contribution in [0.1, 0.15) is 16.1 Å². The molecule has 2 rings (SSSR count). The van der Waals surface area contributed by atoms with Gasteiger partial charge in [0.15, 0.2) is 12.4 Å². The summed E-state index contributed by atoms with van der Waals surface area (Å²) in [5.41, 5.74) is 0.174. The van der Waals surface area contributed by atoms with Gasteiger partial charge in [0.2, 0.25) is 0 Å². The number of amides is 1. The maximum Gasteiger partial charge on any atom is 0.339 e. The van der Waals surface area contributed by atoms with E-state index in [1.165, 1.54) is 18.4 Å². The SMILES string of the molecule is Cc1cc(NC(=O)COC(=O)c2ccccc2[S@@](C)=O)no1. The zero-order valence-electron chi connectivity index (χ0n) is 12.0. The normalized spacial score (nSPS) is 11.7. The number of carbonyl (C=O) groups excluding carboxylic acids is 2. The Labute approximate surface area is 129 Å². The van der Waals surface area contributed by atoms with Crippen molar-refractivity contribution in [3.05, 3.63) is 41.7 Å². The van der Waals surface area contributed by atoms with Crippen LogP contribution in [0.3, 0.4) is 0 Å². The average molecular weight is 322 g/mol. The summed E-state index contributed by atoms with van der Waals surface area (Å²) in [6.45, 7) is 1.21. The predicted molar refractivity (Wildman–Crippen MR) is 78.9 cm³/mol. The number of esters is 1. The van der Waals surface area contributed by atoms with Gasteiger partial charge >= 0.3 is 5.97 Å². The second kappa shape index (κ2) is 6.99. The fourth-order valence-corrected chi connectivity index (χ4v) is 2.43. The molecular weight excluding hydrogens is 308 g/mol. The summed E-state index contributed by atoms with van der Waals surface area (Å²) in [5, 5.41) is 6.02. The molecule has 0 fully saturated rings. The minimum absolute atomic E-state index is 0.174. The Balaban J connectivity index is 1.95. The van der Waals surface area contributed by atoms with E-state index in [-0.39, 0.29) is 11.4 Å². The van der Waals surface area contributed by atoms with Crippen LogP contribution in [-0.4, -0.2) is 34.1 Å². The molecule has 0 bridgehead atoms. The highest BCUT2D eigenvalue weighted by Crippen LogP contribution is 2.14. The lowest BCUT2D eigenvalue weighted by molar-refractivity contribution is -0.119. The van der Waals surface area contributed by atoms with Crippen molar-refractivity contribution >= 4 is 28.5 Å². The van der Waals surface area contributed by atoms with Gasteiger partial charge in [-0.3, -0.25) is 9.00 Å². The molecule has 0 aliphatic carbocycles. The van der Waals surface area contributed by atoms with Crippen LogP contribution in [0.4, 0.5) is 5.82 Å². The molecule has 1 amide bonds. The summed E-state index contributed by atoms with van der Waals surface area (Å²) in [7, 11) is -1.33. The van der Waals surface area contributed by atoms with Crippen LogP contribution in [0.2, 0.25) is 0 Å². The number of anilines is 1. The Morgan fingerprint density at radius 1 is 1.36 bits per heavy atom. The van der Waals surface area contributed by atoms with Crippen LogP contribution in [0.25, 0.3) is 0 Å². The molecule has 1 aromatic heterocycles. The lowest BCUT2D eigenvalue weighted by atomic mass is 10.2. The van der Waals surface area contributed by atoms with Crippen LogP contribution in [0.5, 0.6) is 0 Å². The predicted octanol–water partition coefficient (Wildman–Crippen LogP) is 1.52. The maximum absolute atomic E-state index is 12.0. The maximum atomic E-state index is 12.0. The molecule has 1 heterocycles. The number of hydrogen-bond donors (Lipinski definition) is 1. The molecule has 1 N–H and O–H groups in total. The van der Waals surface area contributed by atoms with Gasteiger partial charge in [-0.15, -0.1) is 0 Å². The third-order valence-electron chi connectivity index (χ3n) is 2.65. The minimum Gasteiger partial charge on any atom is -0.452 e. The first-order valence-electron chi connectivity index (χ1n) is 6.30. The Kier molecular flexibility index (Phi) is 5.05. The Bertz CT molecular complexity index is 726. The van der Waals surface area contributed by atoms with Gasteiger partial charge in [-0.05, 0) is 19.1 Å². The largest absolute Gasteiger partial charge is 0.452 e. The van der Waals surface area contributed by atoms with Gasteiger partial charge in [0.1, 0.15) is 5.76 Å². The third kappa shape index (κ3) is 4.01. The lowest BCUT2D eigenvalue weighted by Gasteiger charge is -2.07. The van der Waals surface area contributed by atoms with Crippen molar-refractivity contribution < 1.29 is 23.1 Å². The molecular formula is C14H14N2O5S. The molecule has 0 radical (unpaired) electrons. The summed E-state index contributed by atoms with van der Waals surface area (Å²) in [6.07, 6.45) is 1.46. The van der Waals surface area contributed by atoms with Crippen molar-refractivity contribution in [3.8, 4) is 0 Å². The topological polar surface area (TPSA) is 98.5 Å². The molecule has 0 unspecified atom stereocenters. The summed E-state index contributed by atoms with van der Waals surface area (Å²) in [6, 6.07) is 7.91. The third-order valence-corrected chi connectivity index (χ3v) is 3.62. The summed E-state index contributed by atoms with van der Waals surface area (Å²) < 4.78 is 21.3. The Morgan fingerprint density at radius 3 is 2.73 bits per heavy atom. The molecule has 116 valence electrons. The van der Waals surface area contributed by atoms with Crippen molar-refractivity contribution in [1.82, 2.24) is 5.16 Å². The van der Waals surface area contributed by atoms with Gasteiger partial charge in [-0.2, -0.15) is 0 Å². The molecule has 0 saturated carbocycles. The van der Waals surface area contributed by atoms with Crippen molar-refractivity contribution in [3.63, 3.8) is 0 Å². The number of rotatable bonds is 5. The van der Waals surface area contributed by atoms with Crippen LogP contribution in [-0.2, 0) is 20.3 Å². The first-order valence-corrected chi connectivity index (χ1v) is 7.86. The van der Waals surface area contributed by atoms with Gasteiger partial charge in [-0.1, -0.05) is 17.3 Å². The van der Waals surface area contributed by atoms with Gasteiger partial charge in [0.25, 0.3) is 5.91 Å². The minimum atomic E-state index is -1.33. The van der Waals surface area contributed by atoms with Gasteiger partial charge in [-0.25, -0.2) is 4.79 Å². The van der Waals surface area contributed by atoms with E-state index in [0.717, 1.165) is 0 Å². The van der Waals surface area contributed by atoms with Gasteiger partial charge in [0.05, 0.1) is 21.3 Å². The zero-order valence-corrected chi connectivity index (χ0v) is 12.8. The zero-order chi connectivity index (χ0) is 16.1. The first kappa shape index (κ1) is 15.9. The molecule has 0 spiro atoms. The second-order valence-electron chi connectivity index (χ2n) is 4.40. The number of nitrogens with one attached hydrogen (secondary N) is 1. The molecule has 0 aliphatic heterocycles. The number of aryl methyl sites for hydroxylation is 1. The molecule has 1 atom stereocenters. The van der Waals surface area contributed by atoms with E-state index in [9.17, 15) is 13.8 Å². The number of benzene rings is 1. The number of carbonyl (C=O) groups is 2. The van der Waals surface area contributed by atoms with E-state index in [1.54, 1.807) is 25.1 Å². The van der Waals surface area contributed by atoms with E-state index >= 15 is 0 Å². The van der Waals surface area contributed by atoms with Crippen molar-refractivity contribution in [2.75, 3.05) is 18.2 Å². The monoisotopic (exact) mass is 322 g/mol. The fraction of sp³-hybridized carbons (Fsp3) is 0.214. The summed E-state index contributed by atoms with van der Waals surface area (Å²) in [4.78, 5) is 24.0. The molecule has 8 heteroatoms. The fourth-order valence-electron chi connectivity index (χ4n) is 1.70. The second-order valence-corrected chi connectivity index (χ2v) is 5.75.